The predicted octanol–water partition coefficient (Wildman–Crippen LogP) is 1.80. The van der Waals surface area contributed by atoms with Gasteiger partial charge in [-0.1, -0.05) is 18.2 Å². The summed E-state index contributed by atoms with van der Waals surface area (Å²) < 4.78 is 7.13. The van der Waals surface area contributed by atoms with Crippen LogP contribution in [0.15, 0.2) is 35.4 Å². The minimum absolute atomic E-state index is 0.0570. The Balaban J connectivity index is 2.28. The topological polar surface area (TPSA) is 32.7 Å². The predicted molar refractivity (Wildman–Crippen MR) is 51.7 cm³/mol. The Morgan fingerprint density at radius 2 is 2.23 bits per heavy atom. The van der Waals surface area contributed by atoms with E-state index in [9.17, 15) is 4.79 Å². The van der Waals surface area contributed by atoms with Crippen molar-refractivity contribution in [2.24, 2.45) is 5.10 Å². The summed E-state index contributed by atoms with van der Waals surface area (Å²) in [6.07, 6.45) is 0.276. The van der Waals surface area contributed by atoms with Crippen LogP contribution in [0.4, 0.5) is 5.69 Å². The molecule has 1 amide bonds. The largest absolute Gasteiger partial charge is 0.272 e. The second-order valence-electron chi connectivity index (χ2n) is 2.88. The zero-order valence-corrected chi connectivity index (χ0v) is 7.10. The molecule has 3 heteroatoms. The maximum Gasteiger partial charge on any atom is 0.253 e. The van der Waals surface area contributed by atoms with E-state index in [1.54, 1.807) is 0 Å². The van der Waals surface area contributed by atoms with Gasteiger partial charge in [0.2, 0.25) is 0 Å². The quantitative estimate of drug-likeness (QED) is 0.640. The average Bonchev–Trinajstić information content (AvgIpc) is 2.61. The first-order valence-electron chi connectivity index (χ1n) is 4.75. The normalized spacial score (nSPS) is 17.2. The second kappa shape index (κ2) is 3.01. The third-order valence-corrected chi connectivity index (χ3v) is 1.83. The molecule has 0 spiro atoms. The monoisotopic (exact) mass is 175 g/mol. The van der Waals surface area contributed by atoms with Crippen molar-refractivity contribution >= 4 is 17.3 Å². The number of rotatable bonds is 1. The van der Waals surface area contributed by atoms with Gasteiger partial charge in [-0.25, -0.2) is 5.01 Å². The fourth-order valence-electron chi connectivity index (χ4n) is 1.25. The van der Waals surface area contributed by atoms with Crippen LogP contribution in [-0.4, -0.2) is 11.6 Å². The summed E-state index contributed by atoms with van der Waals surface area (Å²) in [7, 11) is 0. The van der Waals surface area contributed by atoms with E-state index in [1.165, 1.54) is 5.01 Å². The fraction of sp³-hybridized carbons (Fsp3) is 0.200. The molecule has 0 aliphatic carbocycles. The number of benzene rings is 1. The lowest BCUT2D eigenvalue weighted by Gasteiger charge is -2.10. The average molecular weight is 175 g/mol. The van der Waals surface area contributed by atoms with E-state index in [1.807, 2.05) is 30.3 Å². The van der Waals surface area contributed by atoms with E-state index in [4.69, 9.17) is 1.37 Å². The summed E-state index contributed by atoms with van der Waals surface area (Å²) in [6.45, 7) is 0.0923. The molecule has 0 radical (unpaired) electrons. The van der Waals surface area contributed by atoms with Crippen LogP contribution in [0.1, 0.15) is 14.7 Å². The smallest absolute Gasteiger partial charge is 0.253 e. The van der Waals surface area contributed by atoms with Crippen LogP contribution in [0.2, 0.25) is 0 Å². The number of hydrogen-bond acceptors (Lipinski definition) is 2. The van der Waals surface area contributed by atoms with Gasteiger partial charge >= 0.3 is 0 Å². The molecule has 0 N–H and O–H groups in total. The van der Waals surface area contributed by atoms with Crippen LogP contribution >= 0.6 is 0 Å². The van der Waals surface area contributed by atoms with E-state index in [-0.39, 0.29) is 19.2 Å². The number of amides is 1. The summed E-state index contributed by atoms with van der Waals surface area (Å²) in [6, 6.07) is 9.26. The molecule has 13 heavy (non-hydrogen) atoms. The third kappa shape index (κ3) is 1.45. The molecule has 0 aromatic heterocycles. The van der Waals surface area contributed by atoms with Gasteiger partial charge in [0.05, 0.1) is 12.1 Å². The van der Waals surface area contributed by atoms with Gasteiger partial charge in [0.25, 0.3) is 5.91 Å². The standard InChI is InChI=1S/C10H10N2O/c1-8-7-10(13)12(11-8)9-5-3-2-4-6-9/h2-6H,7H2,1H3/i1D. The summed E-state index contributed by atoms with van der Waals surface area (Å²) in [5.74, 6) is -0.0570. The van der Waals surface area contributed by atoms with Gasteiger partial charge in [-0.05, 0) is 19.0 Å². The maximum absolute atomic E-state index is 11.5. The highest BCUT2D eigenvalue weighted by Gasteiger charge is 2.21. The molecule has 1 aliphatic rings. The van der Waals surface area contributed by atoms with Crippen molar-refractivity contribution < 1.29 is 6.17 Å². The summed E-state index contributed by atoms with van der Waals surface area (Å²) >= 11 is 0. The van der Waals surface area contributed by atoms with Crippen molar-refractivity contribution in [3.05, 3.63) is 30.3 Å². The van der Waals surface area contributed by atoms with Crippen molar-refractivity contribution in [3.8, 4) is 0 Å². The van der Waals surface area contributed by atoms with Gasteiger partial charge in [0, 0.05) is 7.08 Å². The minimum atomic E-state index is -0.0570. The van der Waals surface area contributed by atoms with Crippen molar-refractivity contribution in [2.75, 3.05) is 5.01 Å². The Bertz CT molecular complexity index is 375. The third-order valence-electron chi connectivity index (χ3n) is 1.83. The Morgan fingerprint density at radius 3 is 2.85 bits per heavy atom. The number of anilines is 1. The van der Waals surface area contributed by atoms with Crippen LogP contribution in [0.3, 0.4) is 0 Å². The molecule has 0 unspecified atom stereocenters. The SMILES string of the molecule is [2H]CC1=NN(c2ccccc2)C(=O)C1. The van der Waals surface area contributed by atoms with E-state index >= 15 is 0 Å². The van der Waals surface area contributed by atoms with Gasteiger partial charge in [0.15, 0.2) is 0 Å². The zero-order valence-electron chi connectivity index (χ0n) is 8.10. The lowest BCUT2D eigenvalue weighted by molar-refractivity contribution is -0.116. The highest BCUT2D eigenvalue weighted by Crippen LogP contribution is 2.19. The fourth-order valence-corrected chi connectivity index (χ4v) is 1.25. The molecule has 2 rings (SSSR count). The van der Waals surface area contributed by atoms with Crippen molar-refractivity contribution in [1.29, 1.82) is 0 Å². The van der Waals surface area contributed by atoms with Crippen LogP contribution in [0.25, 0.3) is 0 Å². The Kier molecular flexibility index (Phi) is 1.58. The molecular formula is C10H10N2O. The van der Waals surface area contributed by atoms with Crippen LogP contribution in [-0.2, 0) is 4.79 Å². The molecule has 0 saturated heterocycles. The van der Waals surface area contributed by atoms with Crippen molar-refractivity contribution in [2.45, 2.75) is 13.3 Å². The number of para-hydroxylation sites is 1. The molecule has 0 fully saturated rings. The lowest BCUT2D eigenvalue weighted by Crippen LogP contribution is -2.19. The Labute approximate surface area is 78.1 Å². The molecule has 1 aliphatic heterocycles. The number of carbonyl (C=O) groups is 1. The number of nitrogens with zero attached hydrogens (tertiary/aromatic N) is 2. The summed E-state index contributed by atoms with van der Waals surface area (Å²) in [4.78, 5) is 11.5. The molecule has 1 heterocycles. The molecule has 0 bridgehead atoms. The summed E-state index contributed by atoms with van der Waals surface area (Å²) in [5, 5.41) is 5.44. The van der Waals surface area contributed by atoms with Gasteiger partial charge in [-0.3, -0.25) is 4.79 Å². The van der Waals surface area contributed by atoms with Gasteiger partial charge < -0.3 is 0 Å². The van der Waals surface area contributed by atoms with Crippen LogP contribution in [0.5, 0.6) is 0 Å². The number of carbonyl (C=O) groups excluding carboxylic acids is 1. The van der Waals surface area contributed by atoms with Gasteiger partial charge in [-0.15, -0.1) is 0 Å². The van der Waals surface area contributed by atoms with Crippen molar-refractivity contribution in [3.63, 3.8) is 0 Å². The maximum atomic E-state index is 11.5. The lowest BCUT2D eigenvalue weighted by atomic mass is 10.3. The van der Waals surface area contributed by atoms with Crippen LogP contribution < -0.4 is 5.01 Å². The van der Waals surface area contributed by atoms with Crippen LogP contribution in [0, 0.1) is 0 Å². The molecule has 3 nitrogen and oxygen atoms in total. The minimum Gasteiger partial charge on any atom is -0.272 e. The molecular weight excluding hydrogens is 164 g/mol. The summed E-state index contributed by atoms with van der Waals surface area (Å²) in [5.41, 5.74) is 1.39. The van der Waals surface area contributed by atoms with Gasteiger partial charge in [0.1, 0.15) is 0 Å². The molecule has 1 aromatic carbocycles. The van der Waals surface area contributed by atoms with Gasteiger partial charge in [-0.2, -0.15) is 5.10 Å². The Hall–Kier alpha value is -1.64. The first-order valence-corrected chi connectivity index (χ1v) is 4.05. The molecule has 0 atom stereocenters. The van der Waals surface area contributed by atoms with Crippen molar-refractivity contribution in [1.82, 2.24) is 0 Å². The van der Waals surface area contributed by atoms with E-state index < -0.39 is 0 Å². The van der Waals surface area contributed by atoms with E-state index in [0.29, 0.717) is 5.71 Å². The first-order chi connectivity index (χ1) is 6.81. The number of hydrazone groups is 1. The zero-order chi connectivity index (χ0) is 9.97. The second-order valence-corrected chi connectivity index (χ2v) is 2.88. The first kappa shape index (κ1) is 6.83. The highest BCUT2D eigenvalue weighted by atomic mass is 16.2. The Morgan fingerprint density at radius 1 is 1.46 bits per heavy atom. The highest BCUT2D eigenvalue weighted by molar-refractivity contribution is 6.12. The molecule has 1 aromatic rings. The molecule has 0 saturated carbocycles. The number of hydrogen-bond donors (Lipinski definition) is 0. The van der Waals surface area contributed by atoms with E-state index in [0.717, 1.165) is 5.69 Å². The molecule has 66 valence electrons. The van der Waals surface area contributed by atoms with E-state index in [2.05, 4.69) is 5.10 Å².